The Bertz CT molecular complexity index is 375. The molecule has 0 atom stereocenters. The molecule has 0 saturated heterocycles. The number of benzene rings is 1. The molecule has 0 heterocycles. The van der Waals surface area contributed by atoms with Crippen molar-refractivity contribution in [3.8, 4) is 0 Å². The molecule has 14 heavy (non-hydrogen) atoms. The van der Waals surface area contributed by atoms with Crippen LogP contribution in [0.15, 0.2) is 11.2 Å². The SMILES string of the molecule is Cc1cc(C)c(C)c(CN=[N+]=[N-])c1C. The van der Waals surface area contributed by atoms with E-state index in [0.717, 1.165) is 0 Å². The maximum atomic E-state index is 8.31. The lowest BCUT2D eigenvalue weighted by Crippen LogP contribution is -1.97. The number of rotatable bonds is 2. The Labute approximate surface area is 84.4 Å². The maximum Gasteiger partial charge on any atom is 0.0516 e. The molecule has 0 bridgehead atoms. The summed E-state index contributed by atoms with van der Waals surface area (Å²) in [6.45, 7) is 8.77. The van der Waals surface area contributed by atoms with Gasteiger partial charge in [0.1, 0.15) is 0 Å². The first kappa shape index (κ1) is 10.6. The Balaban J connectivity index is 3.31. The van der Waals surface area contributed by atoms with E-state index < -0.39 is 0 Å². The van der Waals surface area contributed by atoms with Crippen molar-refractivity contribution in [3.63, 3.8) is 0 Å². The molecule has 0 unspecified atom stereocenters. The van der Waals surface area contributed by atoms with E-state index in [4.69, 9.17) is 5.53 Å². The molecule has 0 fully saturated rings. The molecule has 1 aromatic rings. The number of nitrogens with zero attached hydrogens (tertiary/aromatic N) is 3. The van der Waals surface area contributed by atoms with Gasteiger partial charge in [0.05, 0.1) is 6.54 Å². The monoisotopic (exact) mass is 189 g/mol. The summed E-state index contributed by atoms with van der Waals surface area (Å²) < 4.78 is 0. The summed E-state index contributed by atoms with van der Waals surface area (Å²) in [5.41, 5.74) is 14.5. The van der Waals surface area contributed by atoms with Crippen LogP contribution >= 0.6 is 0 Å². The first-order valence-corrected chi connectivity index (χ1v) is 4.65. The first-order valence-electron chi connectivity index (χ1n) is 4.65. The molecule has 0 saturated carbocycles. The molecule has 0 aliphatic rings. The van der Waals surface area contributed by atoms with Crippen LogP contribution in [0.3, 0.4) is 0 Å². The average molecular weight is 189 g/mol. The molecule has 1 rings (SSSR count). The quantitative estimate of drug-likeness (QED) is 0.386. The molecule has 3 nitrogen and oxygen atoms in total. The third kappa shape index (κ3) is 1.88. The van der Waals surface area contributed by atoms with Gasteiger partial charge in [0.15, 0.2) is 0 Å². The van der Waals surface area contributed by atoms with E-state index in [1.54, 1.807) is 0 Å². The summed E-state index contributed by atoms with van der Waals surface area (Å²) in [5, 5.41) is 3.63. The van der Waals surface area contributed by atoms with E-state index in [-0.39, 0.29) is 0 Å². The van der Waals surface area contributed by atoms with Gasteiger partial charge in [-0.1, -0.05) is 11.2 Å². The molecule has 74 valence electrons. The number of aryl methyl sites for hydroxylation is 2. The second-order valence-corrected chi connectivity index (χ2v) is 3.63. The molecule has 0 aliphatic heterocycles. The highest BCUT2D eigenvalue weighted by molar-refractivity contribution is 5.43. The zero-order valence-electron chi connectivity index (χ0n) is 9.13. The normalized spacial score (nSPS) is 9.71. The van der Waals surface area contributed by atoms with Gasteiger partial charge >= 0.3 is 0 Å². The van der Waals surface area contributed by atoms with Gasteiger partial charge in [0.25, 0.3) is 0 Å². The van der Waals surface area contributed by atoms with Gasteiger partial charge in [-0.25, -0.2) is 0 Å². The molecule has 0 amide bonds. The van der Waals surface area contributed by atoms with Crippen LogP contribution in [0.4, 0.5) is 0 Å². The van der Waals surface area contributed by atoms with E-state index in [1.165, 1.54) is 27.8 Å². The predicted octanol–water partition coefficient (Wildman–Crippen LogP) is 3.73. The number of azide groups is 1. The van der Waals surface area contributed by atoms with E-state index in [2.05, 4.69) is 43.8 Å². The zero-order valence-corrected chi connectivity index (χ0v) is 9.13. The minimum atomic E-state index is 0.455. The van der Waals surface area contributed by atoms with Crippen LogP contribution in [0.1, 0.15) is 27.8 Å². The summed E-state index contributed by atoms with van der Waals surface area (Å²) in [6, 6.07) is 2.17. The van der Waals surface area contributed by atoms with Crippen LogP contribution in [0.25, 0.3) is 10.4 Å². The minimum absolute atomic E-state index is 0.455. The molecule has 0 N–H and O–H groups in total. The van der Waals surface area contributed by atoms with Crippen molar-refractivity contribution in [1.82, 2.24) is 0 Å². The molecule has 3 heteroatoms. The largest absolute Gasteiger partial charge is 0.0893 e. The summed E-state index contributed by atoms with van der Waals surface area (Å²) in [6.07, 6.45) is 0. The fraction of sp³-hybridized carbons (Fsp3) is 0.455. The van der Waals surface area contributed by atoms with Crippen LogP contribution in [-0.2, 0) is 6.54 Å². The van der Waals surface area contributed by atoms with Crippen molar-refractivity contribution in [3.05, 3.63) is 44.3 Å². The average Bonchev–Trinajstić information content (AvgIpc) is 2.15. The number of hydrogen-bond donors (Lipinski definition) is 0. The van der Waals surface area contributed by atoms with Crippen molar-refractivity contribution in [2.75, 3.05) is 0 Å². The second kappa shape index (κ2) is 4.16. The summed E-state index contributed by atoms with van der Waals surface area (Å²) in [7, 11) is 0. The van der Waals surface area contributed by atoms with Crippen LogP contribution < -0.4 is 0 Å². The van der Waals surface area contributed by atoms with E-state index in [9.17, 15) is 0 Å². The lowest BCUT2D eigenvalue weighted by Gasteiger charge is -2.13. The van der Waals surface area contributed by atoms with Gasteiger partial charge in [-0.2, -0.15) is 0 Å². The molecule has 0 aromatic heterocycles. The number of hydrogen-bond acceptors (Lipinski definition) is 1. The third-order valence-corrected chi connectivity index (χ3v) is 2.81. The fourth-order valence-corrected chi connectivity index (χ4v) is 1.64. The Hall–Kier alpha value is -1.47. The molecular formula is C11H15N3. The molecule has 1 aromatic carbocycles. The lowest BCUT2D eigenvalue weighted by atomic mass is 9.94. The van der Waals surface area contributed by atoms with Crippen LogP contribution in [0.5, 0.6) is 0 Å². The standard InChI is InChI=1S/C11H15N3/c1-7-5-8(2)10(4)11(9(7)3)6-13-14-12/h5H,6H2,1-4H3. The highest BCUT2D eigenvalue weighted by Gasteiger charge is 2.06. The lowest BCUT2D eigenvalue weighted by molar-refractivity contribution is 0.993. The van der Waals surface area contributed by atoms with Crippen LogP contribution in [-0.4, -0.2) is 0 Å². The highest BCUT2D eigenvalue weighted by Crippen LogP contribution is 2.22. The Kier molecular flexibility index (Phi) is 3.15. The van der Waals surface area contributed by atoms with Gasteiger partial charge in [0, 0.05) is 4.91 Å². The Morgan fingerprint density at radius 2 is 1.64 bits per heavy atom. The summed E-state index contributed by atoms with van der Waals surface area (Å²) in [5.74, 6) is 0. The molecular weight excluding hydrogens is 174 g/mol. The van der Waals surface area contributed by atoms with Gasteiger partial charge in [-0.05, 0) is 61.0 Å². The molecule has 0 aliphatic carbocycles. The minimum Gasteiger partial charge on any atom is -0.0893 e. The van der Waals surface area contributed by atoms with Gasteiger partial charge < -0.3 is 0 Å². The van der Waals surface area contributed by atoms with E-state index in [1.807, 2.05) is 0 Å². The summed E-state index contributed by atoms with van der Waals surface area (Å²) >= 11 is 0. The first-order chi connectivity index (χ1) is 6.57. The van der Waals surface area contributed by atoms with E-state index >= 15 is 0 Å². The van der Waals surface area contributed by atoms with Crippen LogP contribution in [0.2, 0.25) is 0 Å². The Morgan fingerprint density at radius 1 is 1.14 bits per heavy atom. The van der Waals surface area contributed by atoms with Crippen molar-refractivity contribution >= 4 is 0 Å². The smallest absolute Gasteiger partial charge is 0.0516 e. The van der Waals surface area contributed by atoms with Gasteiger partial charge in [0.2, 0.25) is 0 Å². The Morgan fingerprint density at radius 3 is 2.07 bits per heavy atom. The maximum absolute atomic E-state index is 8.31. The van der Waals surface area contributed by atoms with Crippen LogP contribution in [0, 0.1) is 27.7 Å². The van der Waals surface area contributed by atoms with E-state index in [0.29, 0.717) is 6.54 Å². The molecule has 0 spiro atoms. The fourth-order valence-electron chi connectivity index (χ4n) is 1.64. The topological polar surface area (TPSA) is 48.8 Å². The third-order valence-electron chi connectivity index (χ3n) is 2.81. The van der Waals surface area contributed by atoms with Crippen molar-refractivity contribution in [2.24, 2.45) is 5.11 Å². The van der Waals surface area contributed by atoms with Crippen molar-refractivity contribution < 1.29 is 0 Å². The second-order valence-electron chi connectivity index (χ2n) is 3.63. The zero-order chi connectivity index (χ0) is 10.7. The van der Waals surface area contributed by atoms with Crippen molar-refractivity contribution in [1.29, 1.82) is 0 Å². The highest BCUT2D eigenvalue weighted by atomic mass is 15.1. The van der Waals surface area contributed by atoms with Crippen molar-refractivity contribution in [2.45, 2.75) is 34.2 Å². The molecule has 0 radical (unpaired) electrons. The van der Waals surface area contributed by atoms with Gasteiger partial charge in [-0.3, -0.25) is 0 Å². The summed E-state index contributed by atoms with van der Waals surface area (Å²) in [4.78, 5) is 2.80. The predicted molar refractivity (Wildman–Crippen MR) is 58.2 cm³/mol. The van der Waals surface area contributed by atoms with Gasteiger partial charge in [-0.15, -0.1) is 0 Å².